The van der Waals surface area contributed by atoms with E-state index in [1.54, 1.807) is 7.11 Å². The predicted octanol–water partition coefficient (Wildman–Crippen LogP) is 3.33. The van der Waals surface area contributed by atoms with E-state index in [0.717, 1.165) is 18.8 Å². The predicted molar refractivity (Wildman–Crippen MR) is 87.7 cm³/mol. The lowest BCUT2D eigenvalue weighted by Gasteiger charge is -2.35. The van der Waals surface area contributed by atoms with E-state index in [4.69, 9.17) is 10.5 Å². The van der Waals surface area contributed by atoms with Crippen molar-refractivity contribution in [3.63, 3.8) is 0 Å². The highest BCUT2D eigenvalue weighted by Crippen LogP contribution is 2.36. The fourth-order valence-electron chi connectivity index (χ4n) is 3.48. The summed E-state index contributed by atoms with van der Waals surface area (Å²) in [5, 5.41) is 2.52. The highest BCUT2D eigenvalue weighted by atomic mass is 16.5. The molecule has 21 heavy (non-hydrogen) atoms. The van der Waals surface area contributed by atoms with Gasteiger partial charge in [0.05, 0.1) is 13.2 Å². The summed E-state index contributed by atoms with van der Waals surface area (Å²) in [6.45, 7) is 2.90. The molecule has 0 aromatic heterocycles. The summed E-state index contributed by atoms with van der Waals surface area (Å²) in [6.07, 6.45) is 3.87. The molecule has 2 aromatic carbocycles. The van der Waals surface area contributed by atoms with Crippen molar-refractivity contribution in [2.24, 2.45) is 5.73 Å². The van der Waals surface area contributed by atoms with Gasteiger partial charge in [-0.15, -0.1) is 0 Å². The molecule has 1 unspecified atom stereocenters. The zero-order valence-corrected chi connectivity index (χ0v) is 12.7. The highest BCUT2D eigenvalue weighted by Gasteiger charge is 2.25. The number of rotatable bonds is 4. The molecule has 0 aliphatic carbocycles. The highest BCUT2D eigenvalue weighted by molar-refractivity contribution is 5.88. The van der Waals surface area contributed by atoms with Crippen LogP contribution >= 0.6 is 0 Å². The normalized spacial score (nSPS) is 17.8. The summed E-state index contributed by atoms with van der Waals surface area (Å²) in [5.74, 6) is 0.953. The first-order valence-electron chi connectivity index (χ1n) is 7.85. The van der Waals surface area contributed by atoms with Gasteiger partial charge in [-0.3, -0.25) is 4.90 Å². The molecule has 112 valence electrons. The zero-order valence-electron chi connectivity index (χ0n) is 12.7. The lowest BCUT2D eigenvalue weighted by molar-refractivity contribution is 0.166. The second-order valence-corrected chi connectivity index (χ2v) is 5.75. The first-order chi connectivity index (χ1) is 10.3. The maximum Gasteiger partial charge on any atom is 0.124 e. The van der Waals surface area contributed by atoms with E-state index < -0.39 is 0 Å². The molecule has 0 saturated carbocycles. The quantitative estimate of drug-likeness (QED) is 0.936. The number of hydrogen-bond acceptors (Lipinski definition) is 3. The number of piperidine rings is 1. The standard InChI is InChI=1S/C18H24N2O/c1-21-17-10-9-14-7-3-4-8-15(14)18(17)16(13-19)20-11-5-2-6-12-20/h3-4,7-10,16H,2,5-6,11-13,19H2,1H3. The van der Waals surface area contributed by atoms with Gasteiger partial charge in [-0.25, -0.2) is 0 Å². The Hall–Kier alpha value is -1.58. The van der Waals surface area contributed by atoms with Crippen LogP contribution in [0.15, 0.2) is 36.4 Å². The van der Waals surface area contributed by atoms with Crippen molar-refractivity contribution in [1.82, 2.24) is 4.90 Å². The molecule has 0 amide bonds. The Morgan fingerprint density at radius 2 is 1.86 bits per heavy atom. The average Bonchev–Trinajstić information content (AvgIpc) is 2.56. The zero-order chi connectivity index (χ0) is 14.7. The van der Waals surface area contributed by atoms with Gasteiger partial charge in [-0.1, -0.05) is 36.8 Å². The fraction of sp³-hybridized carbons (Fsp3) is 0.444. The van der Waals surface area contributed by atoms with Crippen molar-refractivity contribution in [1.29, 1.82) is 0 Å². The Morgan fingerprint density at radius 3 is 2.57 bits per heavy atom. The van der Waals surface area contributed by atoms with E-state index in [9.17, 15) is 0 Å². The minimum absolute atomic E-state index is 0.242. The molecule has 3 nitrogen and oxygen atoms in total. The van der Waals surface area contributed by atoms with Crippen LogP contribution in [0.3, 0.4) is 0 Å². The van der Waals surface area contributed by atoms with Gasteiger partial charge in [0.25, 0.3) is 0 Å². The van der Waals surface area contributed by atoms with Gasteiger partial charge < -0.3 is 10.5 Å². The van der Waals surface area contributed by atoms with Crippen LogP contribution in [0.5, 0.6) is 5.75 Å². The van der Waals surface area contributed by atoms with Crippen molar-refractivity contribution in [3.05, 3.63) is 42.0 Å². The van der Waals surface area contributed by atoms with E-state index in [-0.39, 0.29) is 6.04 Å². The molecule has 3 rings (SSSR count). The van der Waals surface area contributed by atoms with Gasteiger partial charge in [-0.2, -0.15) is 0 Å². The maximum atomic E-state index is 6.15. The fourth-order valence-corrected chi connectivity index (χ4v) is 3.48. The minimum atomic E-state index is 0.242. The van der Waals surface area contributed by atoms with Gasteiger partial charge in [0, 0.05) is 12.1 Å². The van der Waals surface area contributed by atoms with E-state index >= 15 is 0 Å². The summed E-state index contributed by atoms with van der Waals surface area (Å²) < 4.78 is 5.64. The van der Waals surface area contributed by atoms with Crippen LogP contribution < -0.4 is 10.5 Å². The van der Waals surface area contributed by atoms with Crippen molar-refractivity contribution in [3.8, 4) is 5.75 Å². The van der Waals surface area contributed by atoms with Crippen LogP contribution in [-0.2, 0) is 0 Å². The van der Waals surface area contributed by atoms with Crippen molar-refractivity contribution >= 4 is 10.8 Å². The topological polar surface area (TPSA) is 38.5 Å². The summed E-state index contributed by atoms with van der Waals surface area (Å²) in [5.41, 5.74) is 7.40. The SMILES string of the molecule is COc1ccc2ccccc2c1C(CN)N1CCCCC1. The lowest BCUT2D eigenvalue weighted by atomic mass is 9.95. The molecule has 1 aliphatic rings. The number of nitrogens with two attached hydrogens (primary N) is 1. The number of fused-ring (bicyclic) bond motifs is 1. The summed E-state index contributed by atoms with van der Waals surface area (Å²) in [4.78, 5) is 2.52. The van der Waals surface area contributed by atoms with Gasteiger partial charge in [0.1, 0.15) is 5.75 Å². The molecule has 1 saturated heterocycles. The van der Waals surface area contributed by atoms with E-state index in [0.29, 0.717) is 6.54 Å². The molecule has 1 aliphatic heterocycles. The lowest BCUT2D eigenvalue weighted by Crippen LogP contribution is -2.37. The summed E-state index contributed by atoms with van der Waals surface area (Å²) in [6, 6.07) is 12.9. The molecule has 0 spiro atoms. The number of methoxy groups -OCH3 is 1. The molecule has 1 heterocycles. The summed E-state index contributed by atoms with van der Waals surface area (Å²) in [7, 11) is 1.75. The Morgan fingerprint density at radius 1 is 1.10 bits per heavy atom. The molecule has 2 N–H and O–H groups in total. The second kappa shape index (κ2) is 6.46. The average molecular weight is 284 g/mol. The Bertz CT molecular complexity index is 605. The molecular formula is C18H24N2O. The maximum absolute atomic E-state index is 6.15. The molecule has 0 bridgehead atoms. The van der Waals surface area contributed by atoms with E-state index in [1.807, 2.05) is 0 Å². The number of benzene rings is 2. The van der Waals surface area contributed by atoms with Crippen molar-refractivity contribution in [2.45, 2.75) is 25.3 Å². The Kier molecular flexibility index (Phi) is 4.42. The van der Waals surface area contributed by atoms with Crippen molar-refractivity contribution < 1.29 is 4.74 Å². The van der Waals surface area contributed by atoms with E-state index in [1.165, 1.54) is 35.6 Å². The molecule has 1 fully saturated rings. The van der Waals surface area contributed by atoms with Gasteiger partial charge >= 0.3 is 0 Å². The molecular weight excluding hydrogens is 260 g/mol. The van der Waals surface area contributed by atoms with Crippen LogP contribution in [0.1, 0.15) is 30.9 Å². The molecule has 0 radical (unpaired) electrons. The third-order valence-corrected chi connectivity index (χ3v) is 4.54. The van der Waals surface area contributed by atoms with Crippen molar-refractivity contribution in [2.75, 3.05) is 26.7 Å². The second-order valence-electron chi connectivity index (χ2n) is 5.75. The Balaban J connectivity index is 2.10. The Labute approximate surface area is 126 Å². The third kappa shape index (κ3) is 2.76. The molecule has 2 aromatic rings. The number of hydrogen-bond donors (Lipinski definition) is 1. The monoisotopic (exact) mass is 284 g/mol. The number of likely N-dealkylation sites (tertiary alicyclic amines) is 1. The van der Waals surface area contributed by atoms with Crippen LogP contribution in [-0.4, -0.2) is 31.6 Å². The van der Waals surface area contributed by atoms with Gasteiger partial charge in [0.15, 0.2) is 0 Å². The van der Waals surface area contributed by atoms with E-state index in [2.05, 4.69) is 41.3 Å². The van der Waals surface area contributed by atoms with Gasteiger partial charge in [0.2, 0.25) is 0 Å². The van der Waals surface area contributed by atoms with Crippen LogP contribution in [0.4, 0.5) is 0 Å². The number of nitrogens with zero attached hydrogens (tertiary/aromatic N) is 1. The summed E-state index contributed by atoms with van der Waals surface area (Å²) >= 11 is 0. The molecule has 1 atom stereocenters. The molecule has 3 heteroatoms. The number of ether oxygens (including phenoxy) is 1. The van der Waals surface area contributed by atoms with Gasteiger partial charge in [-0.05, 0) is 42.8 Å². The smallest absolute Gasteiger partial charge is 0.124 e. The first-order valence-corrected chi connectivity index (χ1v) is 7.85. The largest absolute Gasteiger partial charge is 0.496 e. The first kappa shape index (κ1) is 14.4. The van der Waals surface area contributed by atoms with Crippen LogP contribution in [0, 0.1) is 0 Å². The van der Waals surface area contributed by atoms with Crippen LogP contribution in [0.2, 0.25) is 0 Å². The minimum Gasteiger partial charge on any atom is -0.496 e. The van der Waals surface area contributed by atoms with Crippen LogP contribution in [0.25, 0.3) is 10.8 Å². The third-order valence-electron chi connectivity index (χ3n) is 4.54.